The van der Waals surface area contributed by atoms with Gasteiger partial charge in [0.25, 0.3) is 0 Å². The third kappa shape index (κ3) is 3.21. The number of nitrogens with zero attached hydrogens (tertiary/aromatic N) is 1. The summed E-state index contributed by atoms with van der Waals surface area (Å²) in [4.78, 5) is 10.3. The van der Waals surface area contributed by atoms with Gasteiger partial charge in [0.1, 0.15) is 0 Å². The molecule has 0 saturated heterocycles. The third-order valence-electron chi connectivity index (χ3n) is 1.55. The number of nitro benzene ring substituents is 1. The van der Waals surface area contributed by atoms with Gasteiger partial charge in [-0.3, -0.25) is 10.1 Å². The average Bonchev–Trinajstić information content (AvgIpc) is 2.05. The van der Waals surface area contributed by atoms with Gasteiger partial charge in [-0.1, -0.05) is 17.7 Å². The quantitative estimate of drug-likeness (QED) is 0.466. The maximum absolute atomic E-state index is 10.7. The smallest absolute Gasteiger partial charge is 0.311 e. The zero-order chi connectivity index (χ0) is 11.6. The van der Waals surface area contributed by atoms with Gasteiger partial charge in [0, 0.05) is 6.07 Å². The Balaban J connectivity index is 3.19. The van der Waals surface area contributed by atoms with E-state index in [9.17, 15) is 10.1 Å². The first-order valence-electron chi connectivity index (χ1n) is 4.43. The molecule has 82 valence electrons. The van der Waals surface area contributed by atoms with E-state index >= 15 is 0 Å². The number of rotatable bonds is 3. The summed E-state index contributed by atoms with van der Waals surface area (Å²) in [5.74, 6) is 0.184. The van der Waals surface area contributed by atoms with E-state index in [0.717, 1.165) is 0 Å². The summed E-state index contributed by atoms with van der Waals surface area (Å²) in [5, 5.41) is 11.0. The molecule has 0 saturated carbocycles. The fourth-order valence-electron chi connectivity index (χ4n) is 1.05. The van der Waals surface area contributed by atoms with E-state index in [1.54, 1.807) is 6.07 Å². The topological polar surface area (TPSA) is 52.4 Å². The van der Waals surface area contributed by atoms with Crippen LogP contribution in [0.25, 0.3) is 0 Å². The van der Waals surface area contributed by atoms with Crippen molar-refractivity contribution in [2.45, 2.75) is 19.6 Å². The standard InChI is InChI=1S/C9H12ClNO3Si/c1-15(2,3)14-9-7(10)5-4-6-8(9)11(12)13/h4-6H,1-3H3. The molecule has 0 aliphatic heterocycles. The van der Waals surface area contributed by atoms with Crippen LogP contribution in [-0.4, -0.2) is 13.2 Å². The lowest BCUT2D eigenvalue weighted by atomic mass is 10.3. The average molecular weight is 246 g/mol. The Hall–Kier alpha value is -1.07. The number of halogens is 1. The molecule has 0 aliphatic rings. The molecule has 0 fully saturated rings. The van der Waals surface area contributed by atoms with E-state index in [2.05, 4.69) is 0 Å². The molecule has 0 aromatic heterocycles. The van der Waals surface area contributed by atoms with Crippen LogP contribution in [0.2, 0.25) is 24.7 Å². The zero-order valence-corrected chi connectivity index (χ0v) is 10.5. The van der Waals surface area contributed by atoms with Crippen molar-refractivity contribution in [2.75, 3.05) is 0 Å². The fourth-order valence-corrected chi connectivity index (χ4v) is 2.15. The molecule has 0 unspecified atom stereocenters. The monoisotopic (exact) mass is 245 g/mol. The molecule has 0 bridgehead atoms. The summed E-state index contributed by atoms with van der Waals surface area (Å²) in [6, 6.07) is 4.52. The van der Waals surface area contributed by atoms with E-state index in [0.29, 0.717) is 0 Å². The lowest BCUT2D eigenvalue weighted by molar-refractivity contribution is -0.385. The molecule has 0 radical (unpaired) electrons. The van der Waals surface area contributed by atoms with Crippen LogP contribution < -0.4 is 4.43 Å². The first-order chi connectivity index (χ1) is 6.81. The molecule has 0 aliphatic carbocycles. The molecule has 15 heavy (non-hydrogen) atoms. The molecule has 1 aromatic rings. The second-order valence-corrected chi connectivity index (χ2v) is 8.90. The Morgan fingerprint density at radius 2 is 2.00 bits per heavy atom. The Labute approximate surface area is 94.1 Å². The Morgan fingerprint density at radius 1 is 1.40 bits per heavy atom. The minimum atomic E-state index is -1.90. The second-order valence-electron chi connectivity index (χ2n) is 4.06. The summed E-state index contributed by atoms with van der Waals surface area (Å²) in [6.07, 6.45) is 0. The highest BCUT2D eigenvalue weighted by atomic mass is 35.5. The minimum absolute atomic E-state index is 0.0788. The molecular formula is C9H12ClNO3Si. The van der Waals surface area contributed by atoms with Gasteiger partial charge in [0.2, 0.25) is 14.1 Å². The van der Waals surface area contributed by atoms with Crippen molar-refractivity contribution in [3.05, 3.63) is 33.3 Å². The van der Waals surface area contributed by atoms with Crippen LogP contribution in [0.15, 0.2) is 18.2 Å². The van der Waals surface area contributed by atoms with E-state index < -0.39 is 13.2 Å². The van der Waals surface area contributed by atoms with Crippen molar-refractivity contribution in [3.63, 3.8) is 0 Å². The molecule has 0 N–H and O–H groups in total. The summed E-state index contributed by atoms with van der Waals surface area (Å²) in [5.41, 5.74) is -0.0788. The van der Waals surface area contributed by atoms with E-state index in [4.69, 9.17) is 16.0 Å². The van der Waals surface area contributed by atoms with Crippen molar-refractivity contribution < 1.29 is 9.35 Å². The van der Waals surface area contributed by atoms with Crippen molar-refractivity contribution in [1.29, 1.82) is 0 Å². The maximum Gasteiger partial charge on any atom is 0.311 e. The fraction of sp³-hybridized carbons (Fsp3) is 0.333. The predicted molar refractivity (Wildman–Crippen MR) is 62.1 cm³/mol. The molecular weight excluding hydrogens is 234 g/mol. The maximum atomic E-state index is 10.7. The zero-order valence-electron chi connectivity index (χ0n) is 8.78. The summed E-state index contributed by atoms with van der Waals surface area (Å²) in [7, 11) is -1.90. The summed E-state index contributed by atoms with van der Waals surface area (Å²) in [6.45, 7) is 5.83. The number of hydrogen-bond donors (Lipinski definition) is 0. The van der Waals surface area contributed by atoms with Crippen LogP contribution >= 0.6 is 11.6 Å². The van der Waals surface area contributed by atoms with Crippen molar-refractivity contribution in [1.82, 2.24) is 0 Å². The predicted octanol–water partition coefficient (Wildman–Crippen LogP) is 3.46. The Bertz CT molecular complexity index is 389. The van der Waals surface area contributed by atoms with Gasteiger partial charge in [-0.25, -0.2) is 0 Å². The van der Waals surface area contributed by atoms with Gasteiger partial charge >= 0.3 is 5.69 Å². The molecule has 4 nitrogen and oxygen atoms in total. The molecule has 0 atom stereocenters. The lowest BCUT2D eigenvalue weighted by Crippen LogP contribution is -2.29. The first kappa shape index (κ1) is 12.0. The molecule has 6 heteroatoms. The second kappa shape index (κ2) is 4.20. The third-order valence-corrected chi connectivity index (χ3v) is 2.67. The van der Waals surface area contributed by atoms with Gasteiger partial charge in [0.15, 0.2) is 0 Å². The van der Waals surface area contributed by atoms with Crippen molar-refractivity contribution in [2.24, 2.45) is 0 Å². The molecule has 1 aromatic carbocycles. The molecule has 0 spiro atoms. The van der Waals surface area contributed by atoms with Gasteiger partial charge in [-0.2, -0.15) is 0 Å². The van der Waals surface area contributed by atoms with Crippen LogP contribution in [0, 0.1) is 10.1 Å². The number of para-hydroxylation sites is 1. The van der Waals surface area contributed by atoms with Gasteiger partial charge < -0.3 is 4.43 Å². The Kier molecular flexibility index (Phi) is 3.36. The van der Waals surface area contributed by atoms with Crippen LogP contribution in [0.1, 0.15) is 0 Å². The van der Waals surface area contributed by atoms with E-state index in [1.807, 2.05) is 19.6 Å². The molecule has 0 heterocycles. The van der Waals surface area contributed by atoms with Crippen LogP contribution in [0.5, 0.6) is 5.75 Å². The highest BCUT2D eigenvalue weighted by Gasteiger charge is 2.24. The lowest BCUT2D eigenvalue weighted by Gasteiger charge is -2.19. The van der Waals surface area contributed by atoms with Crippen LogP contribution in [0.3, 0.4) is 0 Å². The summed E-state index contributed by atoms with van der Waals surface area (Å²) < 4.78 is 5.59. The van der Waals surface area contributed by atoms with Gasteiger partial charge in [-0.05, 0) is 25.7 Å². The SMILES string of the molecule is C[Si](C)(C)Oc1c(Cl)cccc1[N+](=O)[O-]. The van der Waals surface area contributed by atoms with E-state index in [1.165, 1.54) is 12.1 Å². The summed E-state index contributed by atoms with van der Waals surface area (Å²) >= 11 is 5.87. The largest absolute Gasteiger partial charge is 0.539 e. The van der Waals surface area contributed by atoms with Gasteiger partial charge in [-0.15, -0.1) is 0 Å². The molecule has 0 amide bonds. The minimum Gasteiger partial charge on any atom is -0.539 e. The van der Waals surface area contributed by atoms with Gasteiger partial charge in [0.05, 0.1) is 9.95 Å². The first-order valence-corrected chi connectivity index (χ1v) is 8.22. The van der Waals surface area contributed by atoms with Crippen molar-refractivity contribution >= 4 is 25.6 Å². The number of nitro groups is 1. The van der Waals surface area contributed by atoms with E-state index in [-0.39, 0.29) is 16.5 Å². The highest BCUT2D eigenvalue weighted by molar-refractivity contribution is 6.70. The van der Waals surface area contributed by atoms with Crippen molar-refractivity contribution in [3.8, 4) is 5.75 Å². The van der Waals surface area contributed by atoms with Crippen LogP contribution in [-0.2, 0) is 0 Å². The molecule has 1 rings (SSSR count). The highest BCUT2D eigenvalue weighted by Crippen LogP contribution is 2.35. The number of benzene rings is 1. The Morgan fingerprint density at radius 3 is 2.47 bits per heavy atom. The van der Waals surface area contributed by atoms with Crippen LogP contribution in [0.4, 0.5) is 5.69 Å². The normalized spacial score (nSPS) is 11.2. The number of hydrogen-bond acceptors (Lipinski definition) is 3.